The molecule has 20 heavy (non-hydrogen) atoms. The Hall–Kier alpha value is -0.433. The maximum Gasteiger partial charge on any atom is 0.500 e. The maximum absolute atomic E-state index is 11.5. The fourth-order valence-corrected chi connectivity index (χ4v) is 3.67. The summed E-state index contributed by atoms with van der Waals surface area (Å²) in [4.78, 5) is 11.5. The molecule has 0 unspecified atom stereocenters. The Labute approximate surface area is 124 Å². The summed E-state index contributed by atoms with van der Waals surface area (Å²) in [6.07, 6.45) is 6.91. The molecule has 0 amide bonds. The van der Waals surface area contributed by atoms with Gasteiger partial charge in [0, 0.05) is 33.8 Å². The van der Waals surface area contributed by atoms with Gasteiger partial charge in [-0.25, -0.2) is 0 Å². The highest BCUT2D eigenvalue weighted by atomic mass is 28.4. The molecule has 0 aromatic rings. The first kappa shape index (κ1) is 19.6. The topological polar surface area (TPSA) is 54.0 Å². The van der Waals surface area contributed by atoms with Crippen molar-refractivity contribution in [3.8, 4) is 0 Å². The van der Waals surface area contributed by atoms with Crippen LogP contribution in [0.25, 0.3) is 0 Å². The lowest BCUT2D eigenvalue weighted by atomic mass is 10.1. The molecule has 0 rings (SSSR count). The number of carbonyl (C=O) groups excluding carboxylic acids is 1. The number of unbranched alkanes of at least 4 members (excludes halogenated alkanes) is 4. The van der Waals surface area contributed by atoms with E-state index in [-0.39, 0.29) is 5.97 Å². The summed E-state index contributed by atoms with van der Waals surface area (Å²) in [6, 6.07) is 0.653. The summed E-state index contributed by atoms with van der Waals surface area (Å²) in [5.74, 6) is -0.110. The number of rotatable bonds is 13. The minimum atomic E-state index is -2.52. The van der Waals surface area contributed by atoms with Gasteiger partial charge >= 0.3 is 14.8 Å². The van der Waals surface area contributed by atoms with Crippen molar-refractivity contribution < 1.29 is 22.8 Å². The predicted molar refractivity (Wildman–Crippen MR) is 80.5 cm³/mol. The summed E-state index contributed by atoms with van der Waals surface area (Å²) in [6.45, 7) is 2.58. The van der Waals surface area contributed by atoms with Crippen LogP contribution in [0.15, 0.2) is 0 Å². The maximum atomic E-state index is 11.5. The van der Waals surface area contributed by atoms with E-state index in [1.165, 1.54) is 19.3 Å². The van der Waals surface area contributed by atoms with Crippen molar-refractivity contribution in [2.45, 2.75) is 57.9 Å². The van der Waals surface area contributed by atoms with Crippen LogP contribution in [-0.2, 0) is 22.8 Å². The summed E-state index contributed by atoms with van der Waals surface area (Å²) >= 11 is 0. The average Bonchev–Trinajstić information content (AvgIpc) is 2.48. The van der Waals surface area contributed by atoms with Gasteiger partial charge in [0.1, 0.15) is 0 Å². The normalized spacial score (nSPS) is 11.6. The first-order valence-electron chi connectivity index (χ1n) is 7.45. The predicted octanol–water partition coefficient (Wildman–Crippen LogP) is 3.16. The highest BCUT2D eigenvalue weighted by Crippen LogP contribution is 2.15. The fourth-order valence-electron chi connectivity index (χ4n) is 1.98. The minimum Gasteiger partial charge on any atom is -0.466 e. The van der Waals surface area contributed by atoms with E-state index in [1.54, 1.807) is 21.3 Å². The van der Waals surface area contributed by atoms with E-state index >= 15 is 0 Å². The Morgan fingerprint density at radius 2 is 1.50 bits per heavy atom. The lowest BCUT2D eigenvalue weighted by Gasteiger charge is -2.24. The molecule has 0 saturated heterocycles. The van der Waals surface area contributed by atoms with Gasteiger partial charge in [-0.05, 0) is 12.8 Å². The van der Waals surface area contributed by atoms with Gasteiger partial charge in [-0.15, -0.1) is 0 Å². The molecule has 6 heteroatoms. The van der Waals surface area contributed by atoms with Crippen molar-refractivity contribution >= 4 is 14.8 Å². The molecule has 0 aliphatic heterocycles. The molecular weight excluding hydrogens is 276 g/mol. The molecule has 0 heterocycles. The second kappa shape index (κ2) is 12.3. The van der Waals surface area contributed by atoms with E-state index in [4.69, 9.17) is 18.0 Å². The molecule has 5 nitrogen and oxygen atoms in total. The quantitative estimate of drug-likeness (QED) is 0.297. The van der Waals surface area contributed by atoms with Gasteiger partial charge in [0.15, 0.2) is 0 Å². The first-order valence-corrected chi connectivity index (χ1v) is 9.38. The highest BCUT2D eigenvalue weighted by molar-refractivity contribution is 6.60. The smallest absolute Gasteiger partial charge is 0.466 e. The van der Waals surface area contributed by atoms with Crippen molar-refractivity contribution in [3.63, 3.8) is 0 Å². The van der Waals surface area contributed by atoms with Gasteiger partial charge in [0.25, 0.3) is 0 Å². The van der Waals surface area contributed by atoms with Gasteiger partial charge in [-0.2, -0.15) is 0 Å². The molecule has 0 fully saturated rings. The Morgan fingerprint density at radius 3 is 2.05 bits per heavy atom. The Bertz CT molecular complexity index is 235. The van der Waals surface area contributed by atoms with Crippen molar-refractivity contribution in [3.05, 3.63) is 0 Å². The van der Waals surface area contributed by atoms with Crippen LogP contribution in [0.4, 0.5) is 0 Å². The van der Waals surface area contributed by atoms with E-state index in [2.05, 4.69) is 6.92 Å². The summed E-state index contributed by atoms with van der Waals surface area (Å²) in [5, 5.41) is 0. The largest absolute Gasteiger partial charge is 0.500 e. The monoisotopic (exact) mass is 306 g/mol. The molecule has 0 aromatic heterocycles. The van der Waals surface area contributed by atoms with Crippen molar-refractivity contribution in [1.82, 2.24) is 0 Å². The number of carbonyl (C=O) groups is 1. The number of hydrogen-bond donors (Lipinski definition) is 0. The third kappa shape index (κ3) is 8.68. The van der Waals surface area contributed by atoms with Crippen molar-refractivity contribution in [2.75, 3.05) is 27.9 Å². The van der Waals surface area contributed by atoms with E-state index in [0.29, 0.717) is 25.5 Å². The Kier molecular flexibility index (Phi) is 12.1. The lowest BCUT2D eigenvalue weighted by molar-refractivity contribution is -0.143. The molecule has 0 bridgehead atoms. The van der Waals surface area contributed by atoms with Gasteiger partial charge in [0.05, 0.1) is 6.61 Å². The van der Waals surface area contributed by atoms with Crippen LogP contribution in [0.5, 0.6) is 0 Å². The van der Waals surface area contributed by atoms with E-state index in [0.717, 1.165) is 12.8 Å². The van der Waals surface area contributed by atoms with Crippen LogP contribution in [0, 0.1) is 0 Å². The van der Waals surface area contributed by atoms with Crippen molar-refractivity contribution in [1.29, 1.82) is 0 Å². The molecule has 0 N–H and O–H groups in total. The number of esters is 1. The molecule has 0 aliphatic carbocycles. The standard InChI is InChI=1S/C14H30O5Si/c1-5-6-7-8-9-11-14(15)19-12-10-13-20(16-2,17-3)18-4/h5-13H2,1-4H3. The van der Waals surface area contributed by atoms with Crippen LogP contribution < -0.4 is 0 Å². The average molecular weight is 306 g/mol. The summed E-state index contributed by atoms with van der Waals surface area (Å²) < 4.78 is 21.1. The van der Waals surface area contributed by atoms with E-state index < -0.39 is 8.80 Å². The molecule has 0 atom stereocenters. The Morgan fingerprint density at radius 1 is 0.900 bits per heavy atom. The summed E-state index contributed by atoms with van der Waals surface area (Å²) in [7, 11) is 2.23. The number of ether oxygens (including phenoxy) is 1. The third-order valence-corrected chi connectivity index (χ3v) is 6.14. The van der Waals surface area contributed by atoms with E-state index in [9.17, 15) is 4.79 Å². The molecule has 120 valence electrons. The third-order valence-electron chi connectivity index (χ3n) is 3.31. The molecule has 0 spiro atoms. The first-order chi connectivity index (χ1) is 9.64. The van der Waals surface area contributed by atoms with Crippen LogP contribution in [0.1, 0.15) is 51.9 Å². The van der Waals surface area contributed by atoms with Crippen LogP contribution >= 0.6 is 0 Å². The van der Waals surface area contributed by atoms with E-state index in [1.807, 2.05) is 0 Å². The van der Waals surface area contributed by atoms with Crippen molar-refractivity contribution in [2.24, 2.45) is 0 Å². The fraction of sp³-hybridized carbons (Fsp3) is 0.929. The Balaban J connectivity index is 3.61. The summed E-state index contributed by atoms with van der Waals surface area (Å²) in [5.41, 5.74) is 0. The van der Waals surface area contributed by atoms with Gasteiger partial charge in [-0.1, -0.05) is 32.6 Å². The van der Waals surface area contributed by atoms with Crippen LogP contribution in [0.3, 0.4) is 0 Å². The van der Waals surface area contributed by atoms with Crippen LogP contribution in [-0.4, -0.2) is 42.7 Å². The molecule has 0 aliphatic rings. The SMILES string of the molecule is CCCCCCCC(=O)OCCC[Si](OC)(OC)OC. The zero-order valence-electron chi connectivity index (χ0n) is 13.4. The highest BCUT2D eigenvalue weighted by Gasteiger charge is 2.36. The zero-order chi connectivity index (χ0) is 15.3. The lowest BCUT2D eigenvalue weighted by Crippen LogP contribution is -2.42. The molecular formula is C14H30O5Si. The molecule has 0 saturated carbocycles. The van der Waals surface area contributed by atoms with Gasteiger partial charge in [-0.3, -0.25) is 4.79 Å². The second-order valence-corrected chi connectivity index (χ2v) is 7.87. The molecule has 0 aromatic carbocycles. The van der Waals surface area contributed by atoms with Crippen LogP contribution in [0.2, 0.25) is 6.04 Å². The molecule has 0 radical (unpaired) electrons. The minimum absolute atomic E-state index is 0.110. The number of hydrogen-bond acceptors (Lipinski definition) is 5. The van der Waals surface area contributed by atoms with Gasteiger partial charge in [0.2, 0.25) is 0 Å². The van der Waals surface area contributed by atoms with Gasteiger partial charge < -0.3 is 18.0 Å². The zero-order valence-corrected chi connectivity index (χ0v) is 14.4. The second-order valence-electron chi connectivity index (χ2n) is 4.78.